The van der Waals surface area contributed by atoms with Gasteiger partial charge >= 0.3 is 0 Å². The van der Waals surface area contributed by atoms with Gasteiger partial charge in [-0.1, -0.05) is 73.9 Å². The third kappa shape index (κ3) is 6.86. The zero-order valence-corrected chi connectivity index (χ0v) is 20.4. The summed E-state index contributed by atoms with van der Waals surface area (Å²) in [5.41, 5.74) is 4.68. The number of rotatable bonds is 10. The van der Waals surface area contributed by atoms with Crippen molar-refractivity contribution in [2.45, 2.75) is 77.3 Å². The van der Waals surface area contributed by atoms with Gasteiger partial charge in [0, 0.05) is 18.3 Å². The molecule has 1 N–H and O–H groups in total. The van der Waals surface area contributed by atoms with Crippen molar-refractivity contribution in [3.63, 3.8) is 0 Å². The first-order valence-corrected chi connectivity index (χ1v) is 12.9. The number of thioether (sulfide) groups is 1. The van der Waals surface area contributed by atoms with Crippen molar-refractivity contribution in [1.82, 2.24) is 10.2 Å². The number of carbonyl (C=O) groups is 2. The number of amides is 2. The highest BCUT2D eigenvalue weighted by atomic mass is 32.2. The molecule has 2 aromatic carbocycles. The summed E-state index contributed by atoms with van der Waals surface area (Å²) in [6.07, 6.45) is 5.03. The molecule has 172 valence electrons. The highest BCUT2D eigenvalue weighted by Crippen LogP contribution is 2.21. The van der Waals surface area contributed by atoms with Crippen LogP contribution in [0.3, 0.4) is 0 Å². The van der Waals surface area contributed by atoms with Gasteiger partial charge in [-0.2, -0.15) is 0 Å². The smallest absolute Gasteiger partial charge is 0.243 e. The van der Waals surface area contributed by atoms with Crippen LogP contribution in [0.25, 0.3) is 0 Å². The normalized spacial score (nSPS) is 14.8. The largest absolute Gasteiger partial charge is 0.352 e. The second-order valence-corrected chi connectivity index (χ2v) is 9.83. The maximum atomic E-state index is 13.4. The molecule has 0 aromatic heterocycles. The molecule has 1 saturated carbocycles. The van der Waals surface area contributed by atoms with Gasteiger partial charge in [-0.25, -0.2) is 0 Å². The summed E-state index contributed by atoms with van der Waals surface area (Å²) in [7, 11) is 0. The summed E-state index contributed by atoms with van der Waals surface area (Å²) in [5, 5.41) is 3.21. The molecule has 0 unspecified atom stereocenters. The lowest BCUT2D eigenvalue weighted by atomic mass is 10.1. The summed E-state index contributed by atoms with van der Waals surface area (Å²) in [6, 6.07) is 16.4. The molecule has 1 aliphatic carbocycles. The van der Waals surface area contributed by atoms with Crippen LogP contribution < -0.4 is 5.32 Å². The van der Waals surface area contributed by atoms with Gasteiger partial charge in [0.1, 0.15) is 6.04 Å². The third-order valence-electron chi connectivity index (χ3n) is 6.30. The van der Waals surface area contributed by atoms with Crippen LogP contribution in [0, 0.1) is 13.8 Å². The van der Waals surface area contributed by atoms with E-state index in [-0.39, 0.29) is 17.9 Å². The average Bonchev–Trinajstić information content (AvgIpc) is 3.29. The number of nitrogens with one attached hydrogen (secondary N) is 1. The van der Waals surface area contributed by atoms with Crippen LogP contribution in [-0.2, 0) is 21.9 Å². The highest BCUT2D eigenvalue weighted by Gasteiger charge is 2.30. The molecule has 0 heterocycles. The Bertz CT molecular complexity index is 891. The predicted octanol–water partition coefficient (Wildman–Crippen LogP) is 5.40. The van der Waals surface area contributed by atoms with Gasteiger partial charge < -0.3 is 10.2 Å². The van der Waals surface area contributed by atoms with Crippen molar-refractivity contribution in [3.05, 3.63) is 70.8 Å². The molecule has 2 amide bonds. The highest BCUT2D eigenvalue weighted by molar-refractivity contribution is 7.99. The van der Waals surface area contributed by atoms with Crippen LogP contribution in [-0.4, -0.2) is 34.6 Å². The molecular weight excluding hydrogens is 416 g/mol. The monoisotopic (exact) mass is 452 g/mol. The maximum absolute atomic E-state index is 13.4. The number of hydrogen-bond acceptors (Lipinski definition) is 3. The Kier molecular flexibility index (Phi) is 9.22. The van der Waals surface area contributed by atoms with Crippen molar-refractivity contribution in [2.75, 3.05) is 5.75 Å². The van der Waals surface area contributed by atoms with Gasteiger partial charge in [0.25, 0.3) is 0 Å². The SMILES string of the molecule is CC[C@@H](C(=O)NC1CCCC1)N(Cc1ccccc1C)C(=O)CSCc1ccc(C)cc1. The Morgan fingerprint density at radius 2 is 1.75 bits per heavy atom. The summed E-state index contributed by atoms with van der Waals surface area (Å²) in [6.45, 7) is 6.60. The molecule has 2 aromatic rings. The lowest BCUT2D eigenvalue weighted by Crippen LogP contribution is -2.51. The van der Waals surface area contributed by atoms with E-state index in [1.165, 1.54) is 24.0 Å². The predicted molar refractivity (Wildman–Crippen MR) is 134 cm³/mol. The van der Waals surface area contributed by atoms with Crippen LogP contribution in [0.4, 0.5) is 0 Å². The second-order valence-electron chi connectivity index (χ2n) is 8.84. The summed E-state index contributed by atoms with van der Waals surface area (Å²) < 4.78 is 0. The van der Waals surface area contributed by atoms with E-state index in [0.29, 0.717) is 18.7 Å². The first kappa shape index (κ1) is 24.4. The van der Waals surface area contributed by atoms with Crippen molar-refractivity contribution in [3.8, 4) is 0 Å². The molecule has 0 saturated heterocycles. The average molecular weight is 453 g/mol. The Morgan fingerprint density at radius 3 is 2.41 bits per heavy atom. The fourth-order valence-corrected chi connectivity index (χ4v) is 5.15. The molecule has 3 rings (SSSR count). The van der Waals surface area contributed by atoms with Crippen molar-refractivity contribution < 1.29 is 9.59 Å². The Morgan fingerprint density at radius 1 is 1.06 bits per heavy atom. The molecule has 0 radical (unpaired) electrons. The van der Waals surface area contributed by atoms with E-state index in [0.717, 1.165) is 29.7 Å². The topological polar surface area (TPSA) is 49.4 Å². The molecule has 5 heteroatoms. The molecule has 0 bridgehead atoms. The lowest BCUT2D eigenvalue weighted by Gasteiger charge is -2.32. The summed E-state index contributed by atoms with van der Waals surface area (Å²) in [4.78, 5) is 28.3. The van der Waals surface area contributed by atoms with E-state index in [1.807, 2.05) is 19.1 Å². The minimum Gasteiger partial charge on any atom is -0.352 e. The fraction of sp³-hybridized carbons (Fsp3) is 0.481. The molecule has 0 spiro atoms. The summed E-state index contributed by atoms with van der Waals surface area (Å²) >= 11 is 1.61. The van der Waals surface area contributed by atoms with E-state index in [1.54, 1.807) is 16.7 Å². The number of benzene rings is 2. The first-order valence-electron chi connectivity index (χ1n) is 11.8. The van der Waals surface area contributed by atoms with Crippen LogP contribution in [0.15, 0.2) is 48.5 Å². The van der Waals surface area contributed by atoms with E-state index >= 15 is 0 Å². The van der Waals surface area contributed by atoms with E-state index < -0.39 is 6.04 Å². The molecule has 1 fully saturated rings. The van der Waals surface area contributed by atoms with Crippen LogP contribution in [0.5, 0.6) is 0 Å². The van der Waals surface area contributed by atoms with Gasteiger partial charge in [-0.15, -0.1) is 11.8 Å². The van der Waals surface area contributed by atoms with Gasteiger partial charge in [0.2, 0.25) is 11.8 Å². The van der Waals surface area contributed by atoms with Gasteiger partial charge in [0.15, 0.2) is 0 Å². The zero-order chi connectivity index (χ0) is 22.9. The lowest BCUT2D eigenvalue weighted by molar-refractivity contribution is -0.139. The Hall–Kier alpha value is -2.27. The molecule has 4 nitrogen and oxygen atoms in total. The van der Waals surface area contributed by atoms with Gasteiger partial charge in [-0.3, -0.25) is 9.59 Å². The van der Waals surface area contributed by atoms with Gasteiger partial charge in [0.05, 0.1) is 5.75 Å². The van der Waals surface area contributed by atoms with Crippen LogP contribution in [0.1, 0.15) is 61.3 Å². The van der Waals surface area contributed by atoms with Crippen LogP contribution >= 0.6 is 11.8 Å². The number of nitrogens with zero attached hydrogens (tertiary/aromatic N) is 1. The van der Waals surface area contributed by atoms with E-state index in [4.69, 9.17) is 0 Å². The number of hydrogen-bond donors (Lipinski definition) is 1. The molecular formula is C27H36N2O2S. The van der Waals surface area contributed by atoms with Crippen molar-refractivity contribution in [1.29, 1.82) is 0 Å². The minimum absolute atomic E-state index is 0.00938. The van der Waals surface area contributed by atoms with E-state index in [9.17, 15) is 9.59 Å². The second kappa shape index (κ2) is 12.1. The number of aryl methyl sites for hydroxylation is 2. The molecule has 1 aliphatic rings. The maximum Gasteiger partial charge on any atom is 0.243 e. The molecule has 0 aliphatic heterocycles. The van der Waals surface area contributed by atoms with Crippen molar-refractivity contribution >= 4 is 23.6 Å². The van der Waals surface area contributed by atoms with E-state index in [2.05, 4.69) is 55.6 Å². The first-order chi connectivity index (χ1) is 15.5. The minimum atomic E-state index is -0.442. The summed E-state index contributed by atoms with van der Waals surface area (Å²) in [5.74, 6) is 1.17. The van der Waals surface area contributed by atoms with Gasteiger partial charge in [-0.05, 0) is 49.8 Å². The van der Waals surface area contributed by atoms with Crippen LogP contribution in [0.2, 0.25) is 0 Å². The zero-order valence-electron chi connectivity index (χ0n) is 19.6. The number of carbonyl (C=O) groups excluding carboxylic acids is 2. The standard InChI is InChI=1S/C27H36N2O2S/c1-4-25(27(31)28-24-11-7-8-12-24)29(17-23-10-6-5-9-21(23)3)26(30)19-32-18-22-15-13-20(2)14-16-22/h5-6,9-10,13-16,24-25H,4,7-8,11-12,17-19H2,1-3H3,(H,28,31)/t25-/m0/s1. The quantitative estimate of drug-likeness (QED) is 0.525. The molecule has 1 atom stereocenters. The Labute approximate surface area is 197 Å². The van der Waals surface area contributed by atoms with Crippen molar-refractivity contribution in [2.24, 2.45) is 0 Å². The third-order valence-corrected chi connectivity index (χ3v) is 7.29. The Balaban J connectivity index is 1.70. The fourth-order valence-electron chi connectivity index (χ4n) is 4.28. The molecule has 32 heavy (non-hydrogen) atoms.